The quantitative estimate of drug-likeness (QED) is 0.544. The lowest BCUT2D eigenvalue weighted by atomic mass is 10.1. The topological polar surface area (TPSA) is 56.5 Å². The highest BCUT2D eigenvalue weighted by Gasteiger charge is 2.13. The molecule has 1 aromatic carbocycles. The molecule has 0 aliphatic carbocycles. The standard InChI is InChI=1S/C10H14N2O2/c1-7(12-11)8-2-3-9-10(6-8)14-5-4-13-9/h2-3,6-7,12H,4-5,11H2,1H3/t7-/m1/s1. The molecule has 0 saturated carbocycles. The van der Waals surface area contributed by atoms with Crippen LogP contribution < -0.4 is 20.7 Å². The Balaban J connectivity index is 2.29. The third-order valence-corrected chi connectivity index (χ3v) is 2.32. The van der Waals surface area contributed by atoms with Crippen LogP contribution in [0, 0.1) is 0 Å². The zero-order valence-corrected chi connectivity index (χ0v) is 8.12. The molecule has 1 heterocycles. The summed E-state index contributed by atoms with van der Waals surface area (Å²) in [7, 11) is 0. The number of nitrogens with two attached hydrogens (primary N) is 1. The van der Waals surface area contributed by atoms with Crippen LogP contribution in [0.3, 0.4) is 0 Å². The zero-order chi connectivity index (χ0) is 9.97. The van der Waals surface area contributed by atoms with Gasteiger partial charge in [-0.2, -0.15) is 0 Å². The Labute approximate surface area is 83.0 Å². The third-order valence-electron chi connectivity index (χ3n) is 2.32. The minimum absolute atomic E-state index is 0.117. The second-order valence-electron chi connectivity index (χ2n) is 3.29. The fourth-order valence-electron chi connectivity index (χ4n) is 1.43. The predicted octanol–water partition coefficient (Wildman–Crippen LogP) is 0.982. The Bertz CT molecular complexity index is 328. The highest BCUT2D eigenvalue weighted by Crippen LogP contribution is 2.32. The lowest BCUT2D eigenvalue weighted by Crippen LogP contribution is -2.25. The highest BCUT2D eigenvalue weighted by molar-refractivity contribution is 5.44. The number of fused-ring (bicyclic) bond motifs is 1. The molecular formula is C10H14N2O2. The van der Waals surface area contributed by atoms with Crippen molar-refractivity contribution < 1.29 is 9.47 Å². The molecule has 2 rings (SSSR count). The summed E-state index contributed by atoms with van der Waals surface area (Å²) < 4.78 is 10.9. The molecule has 0 aromatic heterocycles. The molecular weight excluding hydrogens is 180 g/mol. The van der Waals surface area contributed by atoms with Crippen LogP contribution in [0.2, 0.25) is 0 Å². The molecule has 0 unspecified atom stereocenters. The van der Waals surface area contributed by atoms with Gasteiger partial charge in [0.15, 0.2) is 11.5 Å². The molecule has 1 aliphatic heterocycles. The minimum atomic E-state index is 0.117. The van der Waals surface area contributed by atoms with Crippen molar-refractivity contribution in [3.8, 4) is 11.5 Å². The second-order valence-corrected chi connectivity index (χ2v) is 3.29. The van der Waals surface area contributed by atoms with Gasteiger partial charge in [0.05, 0.1) is 0 Å². The number of hydrogen-bond acceptors (Lipinski definition) is 4. The van der Waals surface area contributed by atoms with Crippen LogP contribution in [0.25, 0.3) is 0 Å². The van der Waals surface area contributed by atoms with Crippen LogP contribution in [-0.2, 0) is 0 Å². The van der Waals surface area contributed by atoms with Crippen molar-refractivity contribution in [3.63, 3.8) is 0 Å². The van der Waals surface area contributed by atoms with Gasteiger partial charge < -0.3 is 9.47 Å². The van der Waals surface area contributed by atoms with E-state index in [0.717, 1.165) is 17.1 Å². The highest BCUT2D eigenvalue weighted by atomic mass is 16.6. The van der Waals surface area contributed by atoms with E-state index in [1.165, 1.54) is 0 Å². The second kappa shape index (κ2) is 3.86. The molecule has 0 amide bonds. The van der Waals surface area contributed by atoms with Crippen LogP contribution in [0.5, 0.6) is 11.5 Å². The molecule has 0 saturated heterocycles. The molecule has 1 aromatic rings. The summed E-state index contributed by atoms with van der Waals surface area (Å²) in [6.45, 7) is 3.23. The predicted molar refractivity (Wildman–Crippen MR) is 53.2 cm³/mol. The Morgan fingerprint density at radius 2 is 2.00 bits per heavy atom. The van der Waals surface area contributed by atoms with Crippen LogP contribution in [0.15, 0.2) is 18.2 Å². The van der Waals surface area contributed by atoms with Crippen molar-refractivity contribution >= 4 is 0 Å². The minimum Gasteiger partial charge on any atom is -0.486 e. The van der Waals surface area contributed by atoms with Crippen LogP contribution in [-0.4, -0.2) is 13.2 Å². The number of rotatable bonds is 2. The Kier molecular flexibility index (Phi) is 2.56. The van der Waals surface area contributed by atoms with Crippen molar-refractivity contribution in [1.29, 1.82) is 0 Å². The van der Waals surface area contributed by atoms with Gasteiger partial charge in [-0.15, -0.1) is 0 Å². The van der Waals surface area contributed by atoms with Gasteiger partial charge in [0.25, 0.3) is 0 Å². The normalized spacial score (nSPS) is 16.4. The molecule has 1 atom stereocenters. The first kappa shape index (κ1) is 9.30. The fraction of sp³-hybridized carbons (Fsp3) is 0.400. The molecule has 0 radical (unpaired) electrons. The van der Waals surface area contributed by atoms with Gasteiger partial charge in [-0.25, -0.2) is 0 Å². The molecule has 0 spiro atoms. The molecule has 0 bridgehead atoms. The maximum absolute atomic E-state index is 5.47. The number of hydrogen-bond donors (Lipinski definition) is 2. The van der Waals surface area contributed by atoms with Crippen molar-refractivity contribution in [2.75, 3.05) is 13.2 Å². The summed E-state index contributed by atoms with van der Waals surface area (Å²) in [4.78, 5) is 0. The Hall–Kier alpha value is -1.26. The van der Waals surface area contributed by atoms with Crippen molar-refractivity contribution in [2.24, 2.45) is 5.84 Å². The third kappa shape index (κ3) is 1.66. The number of benzene rings is 1. The molecule has 4 nitrogen and oxygen atoms in total. The molecule has 1 aliphatic rings. The van der Waals surface area contributed by atoms with Gasteiger partial charge in [0, 0.05) is 6.04 Å². The molecule has 0 fully saturated rings. The maximum atomic E-state index is 5.47. The van der Waals surface area contributed by atoms with Gasteiger partial charge in [-0.1, -0.05) is 6.07 Å². The van der Waals surface area contributed by atoms with Crippen LogP contribution >= 0.6 is 0 Å². The molecule has 76 valence electrons. The van der Waals surface area contributed by atoms with E-state index < -0.39 is 0 Å². The average Bonchev–Trinajstić information content (AvgIpc) is 2.27. The summed E-state index contributed by atoms with van der Waals surface area (Å²) in [6.07, 6.45) is 0. The molecule has 14 heavy (non-hydrogen) atoms. The van der Waals surface area contributed by atoms with E-state index in [-0.39, 0.29) is 6.04 Å². The van der Waals surface area contributed by atoms with Crippen molar-refractivity contribution in [2.45, 2.75) is 13.0 Å². The molecule has 3 N–H and O–H groups in total. The summed E-state index contributed by atoms with van der Waals surface area (Å²) in [5.41, 5.74) is 3.79. The van der Waals surface area contributed by atoms with Gasteiger partial charge in [0.2, 0.25) is 0 Å². The smallest absolute Gasteiger partial charge is 0.161 e. The monoisotopic (exact) mass is 194 g/mol. The summed E-state index contributed by atoms with van der Waals surface area (Å²) in [5.74, 6) is 6.97. The average molecular weight is 194 g/mol. The first-order valence-corrected chi connectivity index (χ1v) is 4.67. The van der Waals surface area contributed by atoms with E-state index in [2.05, 4.69) is 5.43 Å². The van der Waals surface area contributed by atoms with Crippen molar-refractivity contribution in [1.82, 2.24) is 5.43 Å². The summed E-state index contributed by atoms with van der Waals surface area (Å²) in [5, 5.41) is 0. The van der Waals surface area contributed by atoms with E-state index in [0.29, 0.717) is 13.2 Å². The summed E-state index contributed by atoms with van der Waals surface area (Å²) in [6, 6.07) is 5.97. The first-order valence-electron chi connectivity index (χ1n) is 4.67. The van der Waals surface area contributed by atoms with Crippen molar-refractivity contribution in [3.05, 3.63) is 23.8 Å². The number of hydrazine groups is 1. The molecule has 4 heteroatoms. The lowest BCUT2D eigenvalue weighted by Gasteiger charge is -2.20. The first-order chi connectivity index (χ1) is 6.81. The van der Waals surface area contributed by atoms with Gasteiger partial charge in [0.1, 0.15) is 13.2 Å². The fourth-order valence-corrected chi connectivity index (χ4v) is 1.43. The zero-order valence-electron chi connectivity index (χ0n) is 8.12. The maximum Gasteiger partial charge on any atom is 0.161 e. The number of ether oxygens (including phenoxy) is 2. The van der Waals surface area contributed by atoms with E-state index in [9.17, 15) is 0 Å². The Morgan fingerprint density at radius 1 is 1.29 bits per heavy atom. The summed E-state index contributed by atoms with van der Waals surface area (Å²) >= 11 is 0. The van der Waals surface area contributed by atoms with Gasteiger partial charge >= 0.3 is 0 Å². The van der Waals surface area contributed by atoms with E-state index in [1.54, 1.807) is 0 Å². The van der Waals surface area contributed by atoms with Crippen LogP contribution in [0.1, 0.15) is 18.5 Å². The Morgan fingerprint density at radius 3 is 2.71 bits per heavy atom. The van der Waals surface area contributed by atoms with E-state index in [1.807, 2.05) is 25.1 Å². The van der Waals surface area contributed by atoms with Gasteiger partial charge in [-0.05, 0) is 24.6 Å². The SMILES string of the molecule is C[C@@H](NN)c1ccc2c(c1)OCCO2. The van der Waals surface area contributed by atoms with E-state index >= 15 is 0 Å². The van der Waals surface area contributed by atoms with E-state index in [4.69, 9.17) is 15.3 Å². The van der Waals surface area contributed by atoms with Gasteiger partial charge in [-0.3, -0.25) is 11.3 Å². The lowest BCUT2D eigenvalue weighted by molar-refractivity contribution is 0.171. The number of nitrogens with one attached hydrogen (secondary N) is 1. The van der Waals surface area contributed by atoms with Crippen LogP contribution in [0.4, 0.5) is 0 Å². The largest absolute Gasteiger partial charge is 0.486 e.